The molecule has 0 radical (unpaired) electrons. The van der Waals surface area contributed by atoms with Crippen LogP contribution in [0.2, 0.25) is 0 Å². The van der Waals surface area contributed by atoms with Gasteiger partial charge < -0.3 is 5.32 Å². The van der Waals surface area contributed by atoms with Crippen molar-refractivity contribution in [3.05, 3.63) is 0 Å². The zero-order valence-corrected chi connectivity index (χ0v) is 12.7. The summed E-state index contributed by atoms with van der Waals surface area (Å²) in [6.07, 6.45) is 14.0. The molecule has 2 heteroatoms. The molecular formula is C18H29NO. The van der Waals surface area contributed by atoms with Crippen LogP contribution in [0.15, 0.2) is 0 Å². The molecule has 5 aliphatic rings. The summed E-state index contributed by atoms with van der Waals surface area (Å²) >= 11 is 0. The lowest BCUT2D eigenvalue weighted by molar-refractivity contribution is -0.144. The fourth-order valence-electron chi connectivity index (χ4n) is 6.17. The Hall–Kier alpha value is -0.370. The van der Waals surface area contributed by atoms with Crippen LogP contribution in [0, 0.1) is 23.2 Å². The van der Waals surface area contributed by atoms with Gasteiger partial charge in [0, 0.05) is 17.9 Å². The summed E-state index contributed by atoms with van der Waals surface area (Å²) in [7, 11) is 0. The highest BCUT2D eigenvalue weighted by molar-refractivity contribution is 5.85. The molecule has 4 bridgehead atoms. The summed E-state index contributed by atoms with van der Waals surface area (Å²) in [6, 6.07) is 0.484. The summed E-state index contributed by atoms with van der Waals surface area (Å²) in [5, 5.41) is 3.62. The summed E-state index contributed by atoms with van der Waals surface area (Å²) in [5.74, 6) is 3.32. The third-order valence-electron chi connectivity index (χ3n) is 6.72. The largest absolute Gasteiger partial charge is 0.314 e. The quantitative estimate of drug-likeness (QED) is 0.851. The number of nitrogens with one attached hydrogen (secondary N) is 1. The molecule has 1 N–H and O–H groups in total. The number of ketones is 1. The third-order valence-corrected chi connectivity index (χ3v) is 6.72. The predicted octanol–water partition coefficient (Wildman–Crippen LogP) is 3.69. The molecule has 1 unspecified atom stereocenters. The van der Waals surface area contributed by atoms with Gasteiger partial charge >= 0.3 is 0 Å². The Kier molecular flexibility index (Phi) is 3.41. The van der Waals surface area contributed by atoms with Crippen LogP contribution >= 0.6 is 0 Å². The standard InChI is InChI=1S/C18H29NO/c20-17(9-16-4-2-1-3-5-19-16)18-10-13-6-14(11-18)8-15(7-13)12-18/h13-16,19H,1-12H2. The summed E-state index contributed by atoms with van der Waals surface area (Å²) in [6.45, 7) is 1.12. The van der Waals surface area contributed by atoms with Gasteiger partial charge in [-0.3, -0.25) is 4.79 Å². The number of hydrogen-bond donors (Lipinski definition) is 1. The van der Waals surface area contributed by atoms with Crippen LogP contribution in [0.3, 0.4) is 0 Å². The van der Waals surface area contributed by atoms with Gasteiger partial charge in [0.2, 0.25) is 0 Å². The van der Waals surface area contributed by atoms with Crippen LogP contribution in [-0.4, -0.2) is 18.4 Å². The molecule has 112 valence electrons. The molecular weight excluding hydrogens is 246 g/mol. The first kappa shape index (κ1) is 13.3. The third kappa shape index (κ3) is 2.34. The molecule has 1 aliphatic heterocycles. The highest BCUT2D eigenvalue weighted by Crippen LogP contribution is 2.60. The lowest BCUT2D eigenvalue weighted by atomic mass is 9.48. The fourth-order valence-corrected chi connectivity index (χ4v) is 6.17. The zero-order chi connectivity index (χ0) is 13.6. The van der Waals surface area contributed by atoms with E-state index in [0.29, 0.717) is 11.8 Å². The molecule has 0 aromatic heterocycles. The van der Waals surface area contributed by atoms with E-state index in [1.807, 2.05) is 0 Å². The second kappa shape index (κ2) is 5.12. The number of Topliss-reactive ketones (excluding diaryl/α,β-unsaturated/α-hetero) is 1. The Bertz CT molecular complexity index is 346. The van der Waals surface area contributed by atoms with Gasteiger partial charge in [0.25, 0.3) is 0 Å². The van der Waals surface area contributed by atoms with E-state index < -0.39 is 0 Å². The van der Waals surface area contributed by atoms with Crippen LogP contribution in [0.25, 0.3) is 0 Å². The first-order valence-corrected chi connectivity index (χ1v) is 9.00. The Morgan fingerprint density at radius 3 is 2.25 bits per heavy atom. The van der Waals surface area contributed by atoms with Crippen molar-refractivity contribution >= 4 is 5.78 Å². The molecule has 0 aromatic rings. The Morgan fingerprint density at radius 1 is 0.950 bits per heavy atom. The van der Waals surface area contributed by atoms with Crippen molar-refractivity contribution < 1.29 is 4.79 Å². The van der Waals surface area contributed by atoms with Crippen molar-refractivity contribution in [1.29, 1.82) is 0 Å². The predicted molar refractivity (Wildman–Crippen MR) is 80.5 cm³/mol. The van der Waals surface area contributed by atoms with Crippen molar-refractivity contribution in [3.8, 4) is 0 Å². The minimum atomic E-state index is 0.128. The second-order valence-corrected chi connectivity index (χ2v) is 8.33. The normalized spacial score (nSPS) is 47.2. The lowest BCUT2D eigenvalue weighted by Gasteiger charge is -2.56. The Balaban J connectivity index is 1.45. The number of carbonyl (C=O) groups is 1. The van der Waals surface area contributed by atoms with E-state index in [1.54, 1.807) is 0 Å². The van der Waals surface area contributed by atoms with Gasteiger partial charge in [-0.2, -0.15) is 0 Å². The average molecular weight is 275 g/mol. The average Bonchev–Trinajstić information content (AvgIpc) is 2.65. The smallest absolute Gasteiger partial charge is 0.140 e. The molecule has 2 nitrogen and oxygen atoms in total. The van der Waals surface area contributed by atoms with Gasteiger partial charge in [-0.25, -0.2) is 0 Å². The molecule has 1 saturated heterocycles. The molecule has 5 rings (SSSR count). The van der Waals surface area contributed by atoms with Gasteiger partial charge in [0.15, 0.2) is 0 Å². The van der Waals surface area contributed by atoms with Crippen molar-refractivity contribution in [3.63, 3.8) is 0 Å². The molecule has 0 amide bonds. The molecule has 20 heavy (non-hydrogen) atoms. The van der Waals surface area contributed by atoms with E-state index in [9.17, 15) is 4.79 Å². The first-order chi connectivity index (χ1) is 9.73. The van der Waals surface area contributed by atoms with Crippen molar-refractivity contribution in [2.75, 3.05) is 6.54 Å². The maximum absolute atomic E-state index is 13.0. The molecule has 4 saturated carbocycles. The molecule has 1 heterocycles. The zero-order valence-electron chi connectivity index (χ0n) is 12.7. The van der Waals surface area contributed by atoms with Crippen LogP contribution in [0.1, 0.15) is 70.6 Å². The summed E-state index contributed by atoms with van der Waals surface area (Å²) in [5.41, 5.74) is 0.128. The monoisotopic (exact) mass is 275 g/mol. The van der Waals surface area contributed by atoms with Crippen LogP contribution in [0.4, 0.5) is 0 Å². The number of hydrogen-bond acceptors (Lipinski definition) is 2. The highest BCUT2D eigenvalue weighted by atomic mass is 16.1. The molecule has 1 atom stereocenters. The second-order valence-electron chi connectivity index (χ2n) is 8.33. The Labute approximate surface area is 123 Å². The van der Waals surface area contributed by atoms with Crippen LogP contribution in [0.5, 0.6) is 0 Å². The lowest BCUT2D eigenvalue weighted by Crippen LogP contribution is -2.51. The topological polar surface area (TPSA) is 29.1 Å². The van der Waals surface area contributed by atoms with E-state index in [2.05, 4.69) is 5.32 Å². The van der Waals surface area contributed by atoms with Crippen LogP contribution in [-0.2, 0) is 4.79 Å². The van der Waals surface area contributed by atoms with E-state index in [1.165, 1.54) is 64.2 Å². The minimum absolute atomic E-state index is 0.128. The van der Waals surface area contributed by atoms with Gasteiger partial charge in [-0.1, -0.05) is 12.8 Å². The van der Waals surface area contributed by atoms with E-state index in [0.717, 1.165) is 30.7 Å². The van der Waals surface area contributed by atoms with Crippen molar-refractivity contribution in [1.82, 2.24) is 5.32 Å². The van der Waals surface area contributed by atoms with Gasteiger partial charge in [0.1, 0.15) is 5.78 Å². The van der Waals surface area contributed by atoms with Crippen LogP contribution < -0.4 is 5.32 Å². The van der Waals surface area contributed by atoms with Crippen molar-refractivity contribution in [2.45, 2.75) is 76.7 Å². The van der Waals surface area contributed by atoms with E-state index >= 15 is 0 Å². The molecule has 0 aromatic carbocycles. The Morgan fingerprint density at radius 2 is 1.60 bits per heavy atom. The molecule has 0 spiro atoms. The SMILES string of the molecule is O=C(CC1CCCCCN1)C12CC3CC(CC(C3)C1)C2. The number of rotatable bonds is 3. The molecule has 4 aliphatic carbocycles. The van der Waals surface area contributed by atoms with Crippen molar-refractivity contribution in [2.24, 2.45) is 23.2 Å². The maximum Gasteiger partial charge on any atom is 0.140 e. The number of carbonyl (C=O) groups excluding carboxylic acids is 1. The van der Waals surface area contributed by atoms with E-state index in [-0.39, 0.29) is 5.41 Å². The van der Waals surface area contributed by atoms with Gasteiger partial charge in [0.05, 0.1) is 0 Å². The summed E-state index contributed by atoms with van der Waals surface area (Å²) < 4.78 is 0. The maximum atomic E-state index is 13.0. The fraction of sp³-hybridized carbons (Fsp3) is 0.944. The van der Waals surface area contributed by atoms with E-state index in [4.69, 9.17) is 0 Å². The van der Waals surface area contributed by atoms with Gasteiger partial charge in [-0.05, 0) is 75.7 Å². The van der Waals surface area contributed by atoms with Gasteiger partial charge in [-0.15, -0.1) is 0 Å². The minimum Gasteiger partial charge on any atom is -0.314 e. The highest BCUT2D eigenvalue weighted by Gasteiger charge is 2.54. The first-order valence-electron chi connectivity index (χ1n) is 9.00. The molecule has 5 fully saturated rings. The summed E-state index contributed by atoms with van der Waals surface area (Å²) in [4.78, 5) is 13.0.